The Morgan fingerprint density at radius 2 is 2.00 bits per heavy atom. The van der Waals surface area contributed by atoms with Crippen molar-refractivity contribution in [2.75, 3.05) is 6.61 Å². The molecule has 0 saturated carbocycles. The van der Waals surface area contributed by atoms with Gasteiger partial charge in [-0.1, -0.05) is 11.6 Å². The molecule has 0 aliphatic carbocycles. The number of hydrogen-bond donors (Lipinski definition) is 0. The van der Waals surface area contributed by atoms with Gasteiger partial charge in [0.1, 0.15) is 10.9 Å². The second-order valence-electron chi connectivity index (χ2n) is 5.20. The topological polar surface area (TPSA) is 52.8 Å². The molecule has 25 heavy (non-hydrogen) atoms. The first kappa shape index (κ1) is 17.4. The van der Waals surface area contributed by atoms with E-state index in [0.717, 1.165) is 0 Å². The monoisotopic (exact) mass is 374 g/mol. The minimum absolute atomic E-state index is 0.0260. The van der Waals surface area contributed by atoms with Crippen molar-refractivity contribution in [1.29, 1.82) is 0 Å². The highest BCUT2D eigenvalue weighted by molar-refractivity contribution is 6.34. The predicted octanol–water partition coefficient (Wildman–Crippen LogP) is 3.81. The number of pyridine rings is 2. The van der Waals surface area contributed by atoms with Gasteiger partial charge in [0, 0.05) is 12.4 Å². The maximum absolute atomic E-state index is 12.8. The minimum Gasteiger partial charge on any atom is -0.485 e. The van der Waals surface area contributed by atoms with Gasteiger partial charge in [-0.2, -0.15) is 13.9 Å². The quantitative estimate of drug-likeness (QED) is 0.486. The zero-order valence-corrected chi connectivity index (χ0v) is 13.3. The molecule has 0 radical (unpaired) electrons. The van der Waals surface area contributed by atoms with Gasteiger partial charge in [0.05, 0.1) is 29.3 Å². The van der Waals surface area contributed by atoms with Gasteiger partial charge < -0.3 is 4.74 Å². The Bertz CT molecular complexity index is 870. The van der Waals surface area contributed by atoms with E-state index < -0.39 is 19.0 Å². The Kier molecular flexibility index (Phi) is 4.76. The molecule has 10 heteroatoms. The Morgan fingerprint density at radius 1 is 1.20 bits per heavy atom. The van der Waals surface area contributed by atoms with Crippen molar-refractivity contribution in [1.82, 2.24) is 19.7 Å². The minimum atomic E-state index is -4.21. The molecule has 3 aromatic heterocycles. The Morgan fingerprint density at radius 3 is 2.64 bits per heavy atom. The number of ether oxygens (including phenoxy) is 1. The van der Waals surface area contributed by atoms with Crippen LogP contribution in [0.1, 0.15) is 5.69 Å². The third-order valence-corrected chi connectivity index (χ3v) is 3.61. The molecule has 0 saturated heterocycles. The molecule has 0 amide bonds. The highest BCUT2D eigenvalue weighted by Gasteiger charge is 2.41. The fraction of sp³-hybridized carbons (Fsp3) is 0.267. The second-order valence-corrected chi connectivity index (χ2v) is 5.55. The summed E-state index contributed by atoms with van der Waals surface area (Å²) in [6.45, 7) is -1.11. The van der Waals surface area contributed by atoms with Gasteiger partial charge >= 0.3 is 12.3 Å². The van der Waals surface area contributed by atoms with Crippen LogP contribution < -0.4 is 4.74 Å². The lowest BCUT2D eigenvalue weighted by atomic mass is 10.3. The third kappa shape index (κ3) is 3.98. The van der Waals surface area contributed by atoms with E-state index in [9.17, 15) is 17.6 Å². The molecule has 0 fully saturated rings. The highest BCUT2D eigenvalue weighted by atomic mass is 35.5. The highest BCUT2D eigenvalue weighted by Crippen LogP contribution is 2.24. The van der Waals surface area contributed by atoms with Crippen LogP contribution in [0.5, 0.6) is 5.75 Å². The van der Waals surface area contributed by atoms with E-state index in [4.69, 9.17) is 11.6 Å². The van der Waals surface area contributed by atoms with E-state index in [1.54, 1.807) is 23.1 Å². The molecule has 3 aromatic rings. The molecular weight excluding hydrogens is 364 g/mol. The molecule has 0 aliphatic heterocycles. The Labute approximate surface area is 144 Å². The number of hydrogen-bond acceptors (Lipinski definition) is 4. The lowest BCUT2D eigenvalue weighted by molar-refractivity contribution is -0.148. The van der Waals surface area contributed by atoms with E-state index in [-0.39, 0.29) is 5.75 Å². The number of rotatable bonds is 6. The van der Waals surface area contributed by atoms with Gasteiger partial charge in [-0.3, -0.25) is 9.67 Å². The molecule has 3 rings (SSSR count). The first-order chi connectivity index (χ1) is 11.8. The van der Waals surface area contributed by atoms with Crippen LogP contribution in [0.25, 0.3) is 10.9 Å². The molecule has 132 valence electrons. The average molecular weight is 375 g/mol. The first-order valence-corrected chi connectivity index (χ1v) is 7.44. The fourth-order valence-electron chi connectivity index (χ4n) is 2.04. The normalized spacial score (nSPS) is 12.1. The predicted molar refractivity (Wildman–Crippen MR) is 82.3 cm³/mol. The Hall–Kier alpha value is -2.42. The maximum Gasteiger partial charge on any atom is 0.340 e. The van der Waals surface area contributed by atoms with E-state index >= 15 is 0 Å². The summed E-state index contributed by atoms with van der Waals surface area (Å²) >= 11 is 5.98. The van der Waals surface area contributed by atoms with Gasteiger partial charge in [0.25, 0.3) is 0 Å². The van der Waals surface area contributed by atoms with Gasteiger partial charge in [0.2, 0.25) is 0 Å². The van der Waals surface area contributed by atoms with Crippen LogP contribution in [0.4, 0.5) is 17.6 Å². The molecule has 0 aromatic carbocycles. The van der Waals surface area contributed by atoms with Crippen LogP contribution in [0.3, 0.4) is 0 Å². The van der Waals surface area contributed by atoms with E-state index in [0.29, 0.717) is 28.3 Å². The van der Waals surface area contributed by atoms with Crippen molar-refractivity contribution in [3.8, 4) is 5.75 Å². The standard InChI is InChI=1S/C15H11ClF4N4O/c16-13-11-7-24(23-12(11)3-4-21-13)6-9-1-2-10(5-22-9)25-8-15(19,20)14(17)18/h1-5,7,14H,6,8H2. The first-order valence-electron chi connectivity index (χ1n) is 7.06. The fourth-order valence-corrected chi connectivity index (χ4v) is 2.24. The van der Waals surface area contributed by atoms with Crippen LogP contribution in [0, 0.1) is 0 Å². The van der Waals surface area contributed by atoms with Crippen molar-refractivity contribution in [2.45, 2.75) is 18.9 Å². The molecule has 0 atom stereocenters. The molecule has 3 heterocycles. The summed E-state index contributed by atoms with van der Waals surface area (Å²) in [6, 6.07) is 4.62. The van der Waals surface area contributed by atoms with Crippen molar-refractivity contribution in [2.24, 2.45) is 0 Å². The molecule has 0 aliphatic rings. The molecule has 5 nitrogen and oxygen atoms in total. The van der Waals surface area contributed by atoms with Crippen molar-refractivity contribution >= 4 is 22.5 Å². The summed E-state index contributed by atoms with van der Waals surface area (Å²) in [4.78, 5) is 8.00. The number of nitrogens with zero attached hydrogens (tertiary/aromatic N) is 4. The molecule has 0 bridgehead atoms. The van der Waals surface area contributed by atoms with Crippen LogP contribution in [-0.2, 0) is 6.54 Å². The van der Waals surface area contributed by atoms with Crippen LogP contribution in [0.2, 0.25) is 5.15 Å². The third-order valence-electron chi connectivity index (χ3n) is 3.30. The van der Waals surface area contributed by atoms with Gasteiger partial charge in [-0.15, -0.1) is 0 Å². The summed E-state index contributed by atoms with van der Waals surface area (Å²) in [5.74, 6) is -4.23. The van der Waals surface area contributed by atoms with E-state index in [2.05, 4.69) is 19.8 Å². The molecule has 0 unspecified atom stereocenters. The molecule has 0 spiro atoms. The summed E-state index contributed by atoms with van der Waals surface area (Å²) < 4.78 is 56.0. The zero-order valence-electron chi connectivity index (χ0n) is 12.5. The van der Waals surface area contributed by atoms with Gasteiger partial charge in [-0.25, -0.2) is 13.8 Å². The van der Waals surface area contributed by atoms with Gasteiger partial charge in [-0.05, 0) is 18.2 Å². The smallest absolute Gasteiger partial charge is 0.340 e. The molecular formula is C15H11ClF4N4O. The zero-order chi connectivity index (χ0) is 18.0. The summed E-state index contributed by atoms with van der Waals surface area (Å²) in [5.41, 5.74) is 1.25. The van der Waals surface area contributed by atoms with Crippen molar-refractivity contribution in [3.63, 3.8) is 0 Å². The van der Waals surface area contributed by atoms with Crippen LogP contribution in [0.15, 0.2) is 36.8 Å². The van der Waals surface area contributed by atoms with E-state index in [1.807, 2.05) is 0 Å². The lowest BCUT2D eigenvalue weighted by Gasteiger charge is -2.15. The SMILES string of the molecule is FC(F)C(F)(F)COc1ccc(Cn2cc3c(Cl)nccc3n2)nc1. The number of halogens is 5. The van der Waals surface area contributed by atoms with Crippen molar-refractivity contribution in [3.05, 3.63) is 47.6 Å². The summed E-state index contributed by atoms with van der Waals surface area (Å²) in [6.07, 6.45) is 0.658. The number of fused-ring (bicyclic) bond motifs is 1. The Balaban J connectivity index is 1.67. The van der Waals surface area contributed by atoms with Crippen LogP contribution in [-0.4, -0.2) is 38.7 Å². The molecule has 0 N–H and O–H groups in total. The average Bonchev–Trinajstić information content (AvgIpc) is 2.98. The number of aromatic nitrogens is 4. The van der Waals surface area contributed by atoms with Gasteiger partial charge in [0.15, 0.2) is 6.61 Å². The van der Waals surface area contributed by atoms with Crippen molar-refractivity contribution < 1.29 is 22.3 Å². The largest absolute Gasteiger partial charge is 0.485 e. The van der Waals surface area contributed by atoms with E-state index in [1.165, 1.54) is 18.3 Å². The van der Waals surface area contributed by atoms with Crippen LogP contribution >= 0.6 is 11.6 Å². The lowest BCUT2D eigenvalue weighted by Crippen LogP contribution is -2.33. The second kappa shape index (κ2) is 6.83. The maximum atomic E-state index is 12.8. The number of alkyl halides is 4. The summed E-state index contributed by atoms with van der Waals surface area (Å²) in [5, 5.41) is 5.34. The summed E-state index contributed by atoms with van der Waals surface area (Å²) in [7, 11) is 0.